The molecule has 2 fully saturated rings. The lowest BCUT2D eigenvalue weighted by atomic mass is 10.1. The fraction of sp³-hybridized carbons (Fsp3) is 0.571. The van der Waals surface area contributed by atoms with Gasteiger partial charge in [-0.2, -0.15) is 4.80 Å². The van der Waals surface area contributed by atoms with Gasteiger partial charge in [-0.15, -0.1) is 10.2 Å². The van der Waals surface area contributed by atoms with Gasteiger partial charge in [0.25, 0.3) is 0 Å². The van der Waals surface area contributed by atoms with Crippen molar-refractivity contribution in [2.45, 2.75) is 57.0 Å². The zero-order valence-electron chi connectivity index (χ0n) is 16.9. The van der Waals surface area contributed by atoms with E-state index in [1.54, 1.807) is 11.9 Å². The van der Waals surface area contributed by atoms with Gasteiger partial charge >= 0.3 is 0 Å². The summed E-state index contributed by atoms with van der Waals surface area (Å²) in [7, 11) is 1.73. The molecule has 8 nitrogen and oxygen atoms in total. The molecule has 0 N–H and O–H groups in total. The van der Waals surface area contributed by atoms with Crippen molar-refractivity contribution in [2.75, 3.05) is 13.1 Å². The Balaban J connectivity index is 1.37. The van der Waals surface area contributed by atoms with E-state index in [1.165, 1.54) is 10.4 Å². The number of aryl methyl sites for hydroxylation is 2. The summed E-state index contributed by atoms with van der Waals surface area (Å²) >= 11 is 0. The van der Waals surface area contributed by atoms with Crippen LogP contribution in [0.3, 0.4) is 0 Å². The maximum Gasteiger partial charge on any atom is 0.246 e. The first kappa shape index (κ1) is 19.5. The van der Waals surface area contributed by atoms with E-state index in [2.05, 4.69) is 27.5 Å². The summed E-state index contributed by atoms with van der Waals surface area (Å²) in [5, 5.41) is 12.3. The molecule has 0 bridgehead atoms. The van der Waals surface area contributed by atoms with E-state index in [9.17, 15) is 9.59 Å². The van der Waals surface area contributed by atoms with Crippen LogP contribution in [-0.2, 0) is 23.1 Å². The Morgan fingerprint density at radius 2 is 1.83 bits per heavy atom. The summed E-state index contributed by atoms with van der Waals surface area (Å²) in [5.41, 5.74) is 1.24. The second-order valence-electron chi connectivity index (χ2n) is 7.91. The lowest BCUT2D eigenvalue weighted by Crippen LogP contribution is -2.47. The van der Waals surface area contributed by atoms with Gasteiger partial charge in [-0.05, 0) is 49.3 Å². The van der Waals surface area contributed by atoms with Crippen molar-refractivity contribution in [1.29, 1.82) is 0 Å². The number of rotatable bonds is 6. The smallest absolute Gasteiger partial charge is 0.246 e. The minimum atomic E-state index is -0.350. The highest BCUT2D eigenvalue weighted by molar-refractivity contribution is 5.88. The second kappa shape index (κ2) is 8.71. The number of tetrazole rings is 1. The lowest BCUT2D eigenvalue weighted by Gasteiger charge is -2.30. The van der Waals surface area contributed by atoms with E-state index in [-0.39, 0.29) is 23.9 Å². The molecule has 3 heterocycles. The van der Waals surface area contributed by atoms with E-state index in [4.69, 9.17) is 0 Å². The van der Waals surface area contributed by atoms with Crippen LogP contribution in [0.4, 0.5) is 0 Å². The molecule has 1 aromatic carbocycles. The fourth-order valence-corrected chi connectivity index (χ4v) is 4.48. The van der Waals surface area contributed by atoms with Gasteiger partial charge in [0.1, 0.15) is 6.04 Å². The van der Waals surface area contributed by atoms with E-state index in [0.717, 1.165) is 38.5 Å². The Morgan fingerprint density at radius 3 is 2.59 bits per heavy atom. The van der Waals surface area contributed by atoms with Crippen molar-refractivity contribution in [3.05, 3.63) is 41.7 Å². The normalized spacial score (nSPS) is 21.7. The molecule has 154 valence electrons. The maximum absolute atomic E-state index is 13.3. The van der Waals surface area contributed by atoms with Gasteiger partial charge in [-0.3, -0.25) is 9.59 Å². The Morgan fingerprint density at radius 1 is 1.07 bits per heavy atom. The number of amides is 2. The third-order valence-electron chi connectivity index (χ3n) is 5.91. The molecule has 29 heavy (non-hydrogen) atoms. The number of benzene rings is 1. The largest absolute Gasteiger partial charge is 0.331 e. The first-order valence-corrected chi connectivity index (χ1v) is 10.5. The minimum absolute atomic E-state index is 0.0360. The van der Waals surface area contributed by atoms with Crippen molar-refractivity contribution >= 4 is 11.8 Å². The number of carbonyl (C=O) groups is 2. The topological polar surface area (TPSA) is 84.2 Å². The number of nitrogens with zero attached hydrogens (tertiary/aromatic N) is 6. The van der Waals surface area contributed by atoms with Crippen LogP contribution in [0.15, 0.2) is 30.3 Å². The molecule has 2 amide bonds. The van der Waals surface area contributed by atoms with Gasteiger partial charge < -0.3 is 9.80 Å². The molecule has 1 aromatic heterocycles. The molecular weight excluding hydrogens is 368 g/mol. The van der Waals surface area contributed by atoms with E-state index < -0.39 is 0 Å². The Bertz CT molecular complexity index is 852. The average molecular weight is 396 g/mol. The molecule has 2 aromatic rings. The molecule has 0 spiro atoms. The van der Waals surface area contributed by atoms with Crippen LogP contribution < -0.4 is 0 Å². The summed E-state index contributed by atoms with van der Waals surface area (Å²) < 4.78 is 0. The van der Waals surface area contributed by atoms with E-state index in [1.807, 2.05) is 23.1 Å². The molecule has 0 aliphatic carbocycles. The summed E-state index contributed by atoms with van der Waals surface area (Å²) in [4.78, 5) is 31.2. The number of aromatic nitrogens is 4. The fourth-order valence-electron chi connectivity index (χ4n) is 4.48. The minimum Gasteiger partial charge on any atom is -0.331 e. The predicted molar refractivity (Wildman–Crippen MR) is 107 cm³/mol. The van der Waals surface area contributed by atoms with Gasteiger partial charge in [0.15, 0.2) is 5.82 Å². The summed E-state index contributed by atoms with van der Waals surface area (Å²) in [6, 6.07) is 9.72. The molecule has 2 aliphatic heterocycles. The van der Waals surface area contributed by atoms with Crippen molar-refractivity contribution in [2.24, 2.45) is 7.05 Å². The van der Waals surface area contributed by atoms with Crippen LogP contribution in [0.25, 0.3) is 0 Å². The molecule has 0 unspecified atom stereocenters. The Kier molecular flexibility index (Phi) is 5.87. The third-order valence-corrected chi connectivity index (χ3v) is 5.91. The van der Waals surface area contributed by atoms with Crippen LogP contribution in [0, 0.1) is 0 Å². The second-order valence-corrected chi connectivity index (χ2v) is 7.91. The summed E-state index contributed by atoms with van der Waals surface area (Å²) in [5.74, 6) is 0.719. The summed E-state index contributed by atoms with van der Waals surface area (Å²) in [6.45, 7) is 1.36. The van der Waals surface area contributed by atoms with E-state index >= 15 is 0 Å². The number of likely N-dealkylation sites (tertiary alicyclic amines) is 2. The van der Waals surface area contributed by atoms with Crippen LogP contribution in [0.5, 0.6) is 0 Å². The van der Waals surface area contributed by atoms with Gasteiger partial charge in [0.05, 0.1) is 13.1 Å². The Hall–Kier alpha value is -2.77. The zero-order chi connectivity index (χ0) is 20.2. The SMILES string of the molecule is Cn1nnc([C@@H]2CCCN2C(=O)[C@@H]2CCCN2C(=O)CCCc2ccccc2)n1. The highest BCUT2D eigenvalue weighted by atomic mass is 16.2. The molecule has 0 radical (unpaired) electrons. The van der Waals surface area contributed by atoms with Gasteiger partial charge in [-0.1, -0.05) is 30.3 Å². The monoisotopic (exact) mass is 396 g/mol. The highest BCUT2D eigenvalue weighted by Crippen LogP contribution is 2.32. The number of hydrogen-bond acceptors (Lipinski definition) is 5. The molecule has 8 heteroatoms. The van der Waals surface area contributed by atoms with Gasteiger partial charge in [-0.25, -0.2) is 0 Å². The van der Waals surface area contributed by atoms with Crippen LogP contribution in [-0.4, -0.2) is 61.0 Å². The maximum atomic E-state index is 13.3. The first-order chi connectivity index (χ1) is 14.1. The molecule has 0 saturated carbocycles. The third kappa shape index (κ3) is 4.31. The lowest BCUT2D eigenvalue weighted by molar-refractivity contribution is -0.144. The van der Waals surface area contributed by atoms with Crippen LogP contribution in [0.2, 0.25) is 0 Å². The molecule has 2 atom stereocenters. The van der Waals surface area contributed by atoms with Gasteiger partial charge in [0.2, 0.25) is 11.8 Å². The molecule has 2 aliphatic rings. The van der Waals surface area contributed by atoms with Crippen molar-refractivity contribution < 1.29 is 9.59 Å². The number of hydrogen-bond donors (Lipinski definition) is 0. The van der Waals surface area contributed by atoms with Gasteiger partial charge in [0, 0.05) is 19.5 Å². The average Bonchev–Trinajstić information content (AvgIpc) is 3.48. The number of carbonyl (C=O) groups excluding carboxylic acids is 2. The van der Waals surface area contributed by atoms with Crippen molar-refractivity contribution in [3.8, 4) is 0 Å². The highest BCUT2D eigenvalue weighted by Gasteiger charge is 2.41. The zero-order valence-corrected chi connectivity index (χ0v) is 16.9. The quantitative estimate of drug-likeness (QED) is 0.744. The Labute approximate surface area is 170 Å². The van der Waals surface area contributed by atoms with Crippen molar-refractivity contribution in [1.82, 2.24) is 30.0 Å². The first-order valence-electron chi connectivity index (χ1n) is 10.5. The predicted octanol–water partition coefficient (Wildman–Crippen LogP) is 1.89. The molecule has 2 saturated heterocycles. The van der Waals surface area contributed by atoms with Crippen LogP contribution >= 0.6 is 0 Å². The molecular formula is C21H28N6O2. The van der Waals surface area contributed by atoms with E-state index in [0.29, 0.717) is 25.3 Å². The van der Waals surface area contributed by atoms with Crippen LogP contribution in [0.1, 0.15) is 56.0 Å². The molecule has 4 rings (SSSR count). The summed E-state index contributed by atoms with van der Waals surface area (Å²) in [6.07, 6.45) is 5.54. The standard InChI is InChI=1S/C21H28N6O2/c1-25-23-20(22-24-25)17-11-6-15-27(17)21(29)18-12-7-14-26(18)19(28)13-5-10-16-8-3-2-4-9-16/h2-4,8-9,17-18H,5-7,10-15H2,1H3/t17-,18-/m0/s1. The van der Waals surface area contributed by atoms with Crippen molar-refractivity contribution in [3.63, 3.8) is 0 Å².